The molecule has 96 valence electrons. The summed E-state index contributed by atoms with van der Waals surface area (Å²) in [6.45, 7) is 5.69. The minimum Gasteiger partial charge on any atom is -0.314 e. The van der Waals surface area contributed by atoms with Crippen LogP contribution in [-0.2, 0) is 6.42 Å². The van der Waals surface area contributed by atoms with Gasteiger partial charge in [-0.25, -0.2) is 4.98 Å². The normalized spacial score (nSPS) is 17.4. The quantitative estimate of drug-likeness (QED) is 0.939. The van der Waals surface area contributed by atoms with E-state index in [1.165, 1.54) is 9.71 Å². The lowest BCUT2D eigenvalue weighted by Gasteiger charge is -2.26. The van der Waals surface area contributed by atoms with Crippen LogP contribution in [0.25, 0.3) is 10.2 Å². The van der Waals surface area contributed by atoms with E-state index in [0.717, 1.165) is 49.1 Å². The van der Waals surface area contributed by atoms with Crippen LogP contribution in [0.15, 0.2) is 22.7 Å². The predicted molar refractivity (Wildman–Crippen MR) is 80.3 cm³/mol. The number of hydrogen-bond acceptors (Lipinski definition) is 4. The molecule has 3 nitrogen and oxygen atoms in total. The Morgan fingerprint density at radius 2 is 2.17 bits per heavy atom. The Balaban J connectivity index is 1.67. The number of thiazole rings is 1. The number of fused-ring (bicyclic) bond motifs is 1. The molecule has 0 radical (unpaired) electrons. The van der Waals surface area contributed by atoms with Gasteiger partial charge < -0.3 is 10.2 Å². The molecular formula is C13H16BrN3S. The topological polar surface area (TPSA) is 28.2 Å². The highest BCUT2D eigenvalue weighted by molar-refractivity contribution is 9.10. The molecule has 0 spiro atoms. The Morgan fingerprint density at radius 1 is 1.33 bits per heavy atom. The molecule has 3 rings (SSSR count). The number of nitrogens with zero attached hydrogens (tertiary/aromatic N) is 2. The third-order valence-corrected chi connectivity index (χ3v) is 4.83. The van der Waals surface area contributed by atoms with Crippen molar-refractivity contribution in [2.75, 3.05) is 32.7 Å². The van der Waals surface area contributed by atoms with Crippen LogP contribution in [0.4, 0.5) is 0 Å². The molecular weight excluding hydrogens is 310 g/mol. The fourth-order valence-electron chi connectivity index (χ4n) is 2.24. The van der Waals surface area contributed by atoms with Crippen LogP contribution < -0.4 is 5.32 Å². The molecule has 1 aromatic heterocycles. The van der Waals surface area contributed by atoms with Crippen molar-refractivity contribution in [2.24, 2.45) is 0 Å². The van der Waals surface area contributed by atoms with E-state index < -0.39 is 0 Å². The van der Waals surface area contributed by atoms with Crippen LogP contribution in [-0.4, -0.2) is 42.6 Å². The maximum absolute atomic E-state index is 4.70. The number of benzene rings is 1. The average Bonchev–Trinajstić information content (AvgIpc) is 2.79. The Hall–Kier alpha value is -0.490. The van der Waals surface area contributed by atoms with Crippen LogP contribution in [0, 0.1) is 0 Å². The summed E-state index contributed by atoms with van der Waals surface area (Å²) < 4.78 is 2.39. The van der Waals surface area contributed by atoms with E-state index in [1.807, 2.05) is 11.3 Å². The summed E-state index contributed by atoms with van der Waals surface area (Å²) in [5.74, 6) is 0. The molecule has 18 heavy (non-hydrogen) atoms. The van der Waals surface area contributed by atoms with Crippen molar-refractivity contribution in [3.05, 3.63) is 27.7 Å². The summed E-state index contributed by atoms with van der Waals surface area (Å²) in [5.41, 5.74) is 1.12. The second kappa shape index (κ2) is 5.65. The fourth-order valence-corrected chi connectivity index (χ4v) is 3.53. The Morgan fingerprint density at radius 3 is 3.00 bits per heavy atom. The number of nitrogens with one attached hydrogen (secondary N) is 1. The van der Waals surface area contributed by atoms with Gasteiger partial charge in [-0.1, -0.05) is 15.9 Å². The van der Waals surface area contributed by atoms with Gasteiger partial charge in [-0.05, 0) is 18.2 Å². The van der Waals surface area contributed by atoms with Crippen molar-refractivity contribution in [3.63, 3.8) is 0 Å². The Kier molecular flexibility index (Phi) is 3.94. The van der Waals surface area contributed by atoms with Crippen LogP contribution in [0.2, 0.25) is 0 Å². The van der Waals surface area contributed by atoms with E-state index in [-0.39, 0.29) is 0 Å². The van der Waals surface area contributed by atoms with Crippen molar-refractivity contribution in [1.82, 2.24) is 15.2 Å². The van der Waals surface area contributed by atoms with Gasteiger partial charge in [0.15, 0.2) is 0 Å². The molecule has 0 atom stereocenters. The lowest BCUT2D eigenvalue weighted by Crippen LogP contribution is -2.44. The smallest absolute Gasteiger partial charge is 0.0951 e. The molecule has 0 aliphatic carbocycles. The highest BCUT2D eigenvalue weighted by Crippen LogP contribution is 2.25. The zero-order valence-corrected chi connectivity index (χ0v) is 12.6. The van der Waals surface area contributed by atoms with Gasteiger partial charge in [-0.2, -0.15) is 0 Å². The van der Waals surface area contributed by atoms with Gasteiger partial charge >= 0.3 is 0 Å². The molecule has 0 saturated carbocycles. The lowest BCUT2D eigenvalue weighted by atomic mass is 10.3. The van der Waals surface area contributed by atoms with Crippen molar-refractivity contribution in [3.8, 4) is 0 Å². The van der Waals surface area contributed by atoms with Crippen molar-refractivity contribution < 1.29 is 0 Å². The summed E-state index contributed by atoms with van der Waals surface area (Å²) in [6, 6.07) is 6.33. The molecule has 2 aromatic rings. The molecule has 0 unspecified atom stereocenters. The van der Waals surface area contributed by atoms with Gasteiger partial charge in [0.25, 0.3) is 0 Å². The fraction of sp³-hybridized carbons (Fsp3) is 0.462. The SMILES string of the molecule is Brc1ccc2sc(CCN3CCNCC3)nc2c1. The van der Waals surface area contributed by atoms with Crippen LogP contribution in [0.1, 0.15) is 5.01 Å². The maximum Gasteiger partial charge on any atom is 0.0951 e. The largest absolute Gasteiger partial charge is 0.314 e. The monoisotopic (exact) mass is 325 g/mol. The van der Waals surface area contributed by atoms with Crippen LogP contribution >= 0.6 is 27.3 Å². The van der Waals surface area contributed by atoms with Crippen molar-refractivity contribution >= 4 is 37.5 Å². The Bertz CT molecular complexity index is 534. The molecule has 1 N–H and O–H groups in total. The summed E-state index contributed by atoms with van der Waals surface area (Å²) in [4.78, 5) is 7.22. The first-order chi connectivity index (χ1) is 8.81. The van der Waals surface area contributed by atoms with E-state index in [4.69, 9.17) is 4.98 Å². The summed E-state index contributed by atoms with van der Waals surface area (Å²) in [7, 11) is 0. The number of halogens is 1. The summed E-state index contributed by atoms with van der Waals surface area (Å²) in [6.07, 6.45) is 1.07. The van der Waals surface area contributed by atoms with Crippen molar-refractivity contribution in [2.45, 2.75) is 6.42 Å². The first kappa shape index (κ1) is 12.5. The third kappa shape index (κ3) is 2.91. The van der Waals surface area contributed by atoms with E-state index in [9.17, 15) is 0 Å². The van der Waals surface area contributed by atoms with Crippen LogP contribution in [0.3, 0.4) is 0 Å². The van der Waals surface area contributed by atoms with Gasteiger partial charge in [0.2, 0.25) is 0 Å². The van der Waals surface area contributed by atoms with Crippen LogP contribution in [0.5, 0.6) is 0 Å². The molecule has 0 amide bonds. The molecule has 1 saturated heterocycles. The van der Waals surface area contributed by atoms with Gasteiger partial charge in [0, 0.05) is 43.6 Å². The maximum atomic E-state index is 4.70. The summed E-state index contributed by atoms with van der Waals surface area (Å²) in [5, 5.41) is 4.63. The van der Waals surface area contributed by atoms with E-state index in [1.54, 1.807) is 0 Å². The second-order valence-electron chi connectivity index (χ2n) is 4.56. The number of piperazine rings is 1. The minimum atomic E-state index is 1.07. The standard InChI is InChI=1S/C13H16BrN3S/c14-10-1-2-12-11(9-10)16-13(18-12)3-6-17-7-4-15-5-8-17/h1-2,9,15H,3-8H2. The number of hydrogen-bond donors (Lipinski definition) is 1. The molecule has 1 aliphatic rings. The molecule has 1 fully saturated rings. The third-order valence-electron chi connectivity index (χ3n) is 3.25. The van der Waals surface area contributed by atoms with E-state index >= 15 is 0 Å². The molecule has 1 aliphatic heterocycles. The second-order valence-corrected chi connectivity index (χ2v) is 6.59. The first-order valence-electron chi connectivity index (χ1n) is 6.29. The lowest BCUT2D eigenvalue weighted by molar-refractivity contribution is 0.244. The number of aromatic nitrogens is 1. The zero-order valence-electron chi connectivity index (χ0n) is 10.2. The minimum absolute atomic E-state index is 1.07. The van der Waals surface area contributed by atoms with Gasteiger partial charge in [0.1, 0.15) is 0 Å². The highest BCUT2D eigenvalue weighted by Gasteiger charge is 2.10. The average molecular weight is 326 g/mol. The zero-order chi connectivity index (χ0) is 12.4. The van der Waals surface area contributed by atoms with Crippen molar-refractivity contribution in [1.29, 1.82) is 0 Å². The van der Waals surface area contributed by atoms with Gasteiger partial charge in [-0.3, -0.25) is 0 Å². The molecule has 5 heteroatoms. The summed E-state index contributed by atoms with van der Waals surface area (Å²) >= 11 is 5.31. The molecule has 1 aromatic carbocycles. The highest BCUT2D eigenvalue weighted by atomic mass is 79.9. The van der Waals surface area contributed by atoms with E-state index in [0.29, 0.717) is 0 Å². The van der Waals surface area contributed by atoms with Gasteiger partial charge in [0.05, 0.1) is 15.2 Å². The first-order valence-corrected chi connectivity index (χ1v) is 7.90. The molecule has 2 heterocycles. The van der Waals surface area contributed by atoms with E-state index in [2.05, 4.69) is 44.3 Å². The Labute approximate surface area is 119 Å². The number of rotatable bonds is 3. The molecule has 0 bridgehead atoms. The predicted octanol–water partition coefficient (Wildman–Crippen LogP) is 2.51. The van der Waals surface area contributed by atoms with Gasteiger partial charge in [-0.15, -0.1) is 11.3 Å².